The molecule has 12 heteroatoms. The topological polar surface area (TPSA) is 92.6 Å². The third-order valence-corrected chi connectivity index (χ3v) is 11.1. The molecule has 2 aromatic heterocycles. The number of ether oxygens (including phenoxy) is 1. The van der Waals surface area contributed by atoms with Crippen LogP contribution in [0.4, 0.5) is 15.9 Å². The number of benzene rings is 3. The molecule has 1 atom stereocenters. The van der Waals surface area contributed by atoms with Crippen LogP contribution in [0.3, 0.4) is 0 Å². The highest BCUT2D eigenvalue weighted by Crippen LogP contribution is 2.35. The van der Waals surface area contributed by atoms with E-state index in [4.69, 9.17) is 4.74 Å². The second-order valence-electron chi connectivity index (χ2n) is 13.2. The summed E-state index contributed by atoms with van der Waals surface area (Å²) in [5.74, 6) is 1.50. The number of nitrogens with zero attached hydrogens (tertiary/aromatic N) is 5. The lowest BCUT2D eigenvalue weighted by Gasteiger charge is -2.28. The Morgan fingerprint density at radius 1 is 0.959 bits per heavy atom. The van der Waals surface area contributed by atoms with E-state index in [2.05, 4.69) is 49.2 Å². The van der Waals surface area contributed by atoms with E-state index in [1.165, 1.54) is 34.1 Å². The number of rotatable bonds is 13. The average molecular weight is 701 g/mol. The molecule has 6 rings (SSSR count). The van der Waals surface area contributed by atoms with Crippen LogP contribution >= 0.6 is 10.7 Å². The molecule has 5 aromatic rings. The van der Waals surface area contributed by atoms with Crippen LogP contribution in [-0.2, 0) is 28.9 Å². The lowest BCUT2D eigenvalue weighted by molar-refractivity contribution is 0.277. The van der Waals surface area contributed by atoms with E-state index < -0.39 is 15.8 Å². The van der Waals surface area contributed by atoms with Crippen molar-refractivity contribution in [2.75, 3.05) is 24.7 Å². The maximum Gasteiger partial charge on any atom is 0.211 e. The summed E-state index contributed by atoms with van der Waals surface area (Å²) in [4.78, 5) is 8.83. The number of anilines is 2. The monoisotopic (exact) mass is 700 g/mol. The largest absolute Gasteiger partial charge is 0.452 e. The normalized spacial score (nSPS) is 15.0. The zero-order valence-electron chi connectivity index (χ0n) is 28.1. The molecule has 1 aliphatic rings. The zero-order valence-corrected chi connectivity index (χ0v) is 29.7. The molecule has 1 aliphatic heterocycles. The van der Waals surface area contributed by atoms with Crippen LogP contribution in [0.15, 0.2) is 109 Å². The maximum atomic E-state index is 15.6. The van der Waals surface area contributed by atoms with Crippen LogP contribution in [-0.4, -0.2) is 56.3 Å². The van der Waals surface area contributed by atoms with Gasteiger partial charge in [0.2, 0.25) is 10.0 Å². The quantitative estimate of drug-likeness (QED) is 0.127. The lowest BCUT2D eigenvalue weighted by Crippen LogP contribution is -2.39. The zero-order chi connectivity index (χ0) is 34.6. The summed E-state index contributed by atoms with van der Waals surface area (Å²) in [6.07, 6.45) is 6.50. The summed E-state index contributed by atoms with van der Waals surface area (Å²) in [7, 11) is -3.69. The van der Waals surface area contributed by atoms with Crippen LogP contribution < -0.4 is 10.1 Å². The van der Waals surface area contributed by atoms with Gasteiger partial charge in [0, 0.05) is 48.7 Å². The SMILES string of the molecule is CC(C)(C)CN(CCn1ccc2ncnc(Nc3ccc(OC4=CN(Cc5ccccc5)S(Cc5ccccc5)=C4)c(F)c3)c21)S(C)(=O)=O. The van der Waals surface area contributed by atoms with E-state index in [1.54, 1.807) is 12.1 Å². The Balaban J connectivity index is 1.19. The molecule has 0 bridgehead atoms. The minimum Gasteiger partial charge on any atom is -0.452 e. The summed E-state index contributed by atoms with van der Waals surface area (Å²) < 4.78 is 52.4. The Labute approximate surface area is 290 Å². The highest BCUT2D eigenvalue weighted by atomic mass is 32.2. The van der Waals surface area contributed by atoms with Gasteiger partial charge in [-0.25, -0.2) is 22.8 Å². The van der Waals surface area contributed by atoms with Crippen molar-refractivity contribution >= 4 is 48.6 Å². The van der Waals surface area contributed by atoms with E-state index >= 15 is 4.39 Å². The Morgan fingerprint density at radius 2 is 1.67 bits per heavy atom. The van der Waals surface area contributed by atoms with Gasteiger partial charge in [-0.2, -0.15) is 4.31 Å². The van der Waals surface area contributed by atoms with Crippen molar-refractivity contribution in [1.82, 2.24) is 23.1 Å². The van der Waals surface area contributed by atoms with Crippen molar-refractivity contribution in [3.05, 3.63) is 126 Å². The van der Waals surface area contributed by atoms with Crippen molar-refractivity contribution in [3.8, 4) is 5.75 Å². The second kappa shape index (κ2) is 14.5. The molecule has 1 unspecified atom stereocenters. The summed E-state index contributed by atoms with van der Waals surface area (Å²) in [5, 5.41) is 5.30. The molecule has 0 saturated carbocycles. The van der Waals surface area contributed by atoms with Gasteiger partial charge in [-0.15, -0.1) is 0 Å². The fraction of sp³-hybridized carbons (Fsp3) is 0.270. The van der Waals surface area contributed by atoms with Crippen LogP contribution in [0.5, 0.6) is 5.75 Å². The van der Waals surface area contributed by atoms with E-state index in [-0.39, 0.29) is 28.4 Å². The third-order valence-electron chi connectivity index (χ3n) is 7.85. The number of nitrogens with one attached hydrogen (secondary N) is 1. The number of halogens is 1. The number of aromatic nitrogens is 3. The van der Waals surface area contributed by atoms with Crippen LogP contribution in [0, 0.1) is 11.2 Å². The lowest BCUT2D eigenvalue weighted by atomic mass is 9.97. The van der Waals surface area contributed by atoms with Gasteiger partial charge in [-0.05, 0) is 34.7 Å². The molecule has 0 amide bonds. The van der Waals surface area contributed by atoms with Gasteiger partial charge in [0.25, 0.3) is 0 Å². The molecule has 0 fully saturated rings. The van der Waals surface area contributed by atoms with Crippen LogP contribution in [0.2, 0.25) is 0 Å². The number of sulfonamides is 1. The minimum absolute atomic E-state index is 0.119. The molecule has 1 N–H and O–H groups in total. The van der Waals surface area contributed by atoms with Gasteiger partial charge in [-0.1, -0.05) is 92.1 Å². The summed E-state index contributed by atoms with van der Waals surface area (Å²) >= 11 is 0. The van der Waals surface area contributed by atoms with Gasteiger partial charge in [-0.3, -0.25) is 0 Å². The van der Waals surface area contributed by atoms with Gasteiger partial charge >= 0.3 is 0 Å². The number of hydrogen-bond acceptors (Lipinski definition) is 7. The fourth-order valence-corrected chi connectivity index (χ4v) is 8.48. The standard InChI is InChI=1S/C37H41FN6O3S2/c1-37(2,3)26-44(49(4,45)46)20-19-42-18-17-33-35(42)36(40-27-39-33)41-30-15-16-34(32(38)21-30)47-31-23-43(22-28-11-7-5-8-12-28)48(25-31)24-29-13-9-6-10-14-29/h5-18,21,23,25,27H,19-20,22,24,26H2,1-4H3,(H,39,40,41). The highest BCUT2D eigenvalue weighted by Gasteiger charge is 2.24. The first-order valence-electron chi connectivity index (χ1n) is 16.0. The van der Waals surface area contributed by atoms with Crippen molar-refractivity contribution in [1.29, 1.82) is 0 Å². The second-order valence-corrected chi connectivity index (χ2v) is 17.0. The number of fused-ring (bicyclic) bond motifs is 1. The van der Waals surface area contributed by atoms with Crippen molar-refractivity contribution in [3.63, 3.8) is 0 Å². The van der Waals surface area contributed by atoms with E-state index in [9.17, 15) is 8.42 Å². The number of hydrogen-bond donors (Lipinski definition) is 1. The summed E-state index contributed by atoms with van der Waals surface area (Å²) in [6.45, 7) is 7.82. The average Bonchev–Trinajstić information content (AvgIpc) is 3.64. The molecule has 256 valence electrons. The predicted octanol–water partition coefficient (Wildman–Crippen LogP) is 7.54. The number of allylic oxidation sites excluding steroid dienone is 1. The van der Waals surface area contributed by atoms with Gasteiger partial charge < -0.3 is 18.9 Å². The Bertz CT molecular complexity index is 2100. The Hall–Kier alpha value is -4.52. The van der Waals surface area contributed by atoms with Gasteiger partial charge in [0.1, 0.15) is 11.8 Å². The minimum atomic E-state index is -3.40. The van der Waals surface area contributed by atoms with Crippen molar-refractivity contribution < 1.29 is 17.5 Å². The highest BCUT2D eigenvalue weighted by molar-refractivity contribution is 8.12. The Morgan fingerprint density at radius 3 is 2.35 bits per heavy atom. The third kappa shape index (κ3) is 8.94. The predicted molar refractivity (Wildman–Crippen MR) is 198 cm³/mol. The molecule has 3 heterocycles. The Kier molecular flexibility index (Phi) is 10.2. The molecule has 49 heavy (non-hydrogen) atoms. The van der Waals surface area contributed by atoms with E-state index in [1.807, 2.05) is 80.2 Å². The molecular weight excluding hydrogens is 660 g/mol. The molecule has 0 aliphatic carbocycles. The van der Waals surface area contributed by atoms with Crippen molar-refractivity contribution in [2.45, 2.75) is 39.6 Å². The van der Waals surface area contributed by atoms with E-state index in [0.717, 1.165) is 5.75 Å². The first kappa shape index (κ1) is 34.3. The fourth-order valence-electron chi connectivity index (χ4n) is 5.60. The molecule has 0 saturated heterocycles. The van der Waals surface area contributed by atoms with Crippen LogP contribution in [0.1, 0.15) is 31.9 Å². The van der Waals surface area contributed by atoms with Gasteiger partial charge in [0.05, 0.1) is 24.5 Å². The first-order valence-corrected chi connectivity index (χ1v) is 19.3. The summed E-state index contributed by atoms with van der Waals surface area (Å²) in [6, 6.07) is 27.2. The van der Waals surface area contributed by atoms with Crippen LogP contribution in [0.25, 0.3) is 11.0 Å². The van der Waals surface area contributed by atoms with E-state index in [0.29, 0.717) is 47.9 Å². The van der Waals surface area contributed by atoms with Crippen molar-refractivity contribution in [2.24, 2.45) is 5.41 Å². The molecule has 3 aromatic carbocycles. The summed E-state index contributed by atoms with van der Waals surface area (Å²) in [5.41, 5.74) is 4.08. The molecule has 9 nitrogen and oxygen atoms in total. The smallest absolute Gasteiger partial charge is 0.211 e. The first-order chi connectivity index (χ1) is 23.4. The molecular formula is C37H41FN6O3S2. The molecule has 0 spiro atoms. The molecule has 0 radical (unpaired) electrons. The maximum absolute atomic E-state index is 15.6. The van der Waals surface area contributed by atoms with Gasteiger partial charge in [0.15, 0.2) is 23.1 Å².